The smallest absolute Gasteiger partial charge is 0.131 e. The third-order valence-corrected chi connectivity index (χ3v) is 4.02. The number of nitriles is 1. The zero-order chi connectivity index (χ0) is 14.5. The average Bonchev–Trinajstić information content (AvgIpc) is 3.01. The van der Waals surface area contributed by atoms with E-state index in [9.17, 15) is 5.26 Å². The van der Waals surface area contributed by atoms with Gasteiger partial charge in [-0.25, -0.2) is 0 Å². The van der Waals surface area contributed by atoms with E-state index in [1.807, 2.05) is 17.5 Å². The summed E-state index contributed by atoms with van der Waals surface area (Å²) >= 11 is 7.86. The number of ether oxygens (including phenoxy) is 2. The van der Waals surface area contributed by atoms with E-state index in [1.165, 1.54) is 11.3 Å². The topological polar surface area (TPSA) is 42.2 Å². The highest BCUT2D eigenvalue weighted by atomic mass is 35.5. The highest BCUT2D eigenvalue weighted by Crippen LogP contribution is 2.37. The number of halogens is 1. The minimum absolute atomic E-state index is 0.370. The van der Waals surface area contributed by atoms with Gasteiger partial charge in [-0.05, 0) is 23.6 Å². The van der Waals surface area contributed by atoms with Crippen LogP contribution < -0.4 is 9.47 Å². The number of benzene rings is 1. The van der Waals surface area contributed by atoms with E-state index in [2.05, 4.69) is 6.07 Å². The summed E-state index contributed by atoms with van der Waals surface area (Å²) in [6.45, 7) is 0. The zero-order valence-corrected chi connectivity index (χ0v) is 12.6. The fourth-order valence-electron chi connectivity index (χ4n) is 1.75. The molecule has 2 aromatic rings. The first kappa shape index (κ1) is 14.4. The Morgan fingerprint density at radius 3 is 2.60 bits per heavy atom. The maximum Gasteiger partial charge on any atom is 0.131 e. The predicted molar refractivity (Wildman–Crippen MR) is 82.1 cm³/mol. The SMILES string of the molecule is COc1ccc(C(Cl)=C(C#N)c2cccs2)c(OC)c1. The summed E-state index contributed by atoms with van der Waals surface area (Å²) in [5.41, 5.74) is 1.10. The minimum Gasteiger partial charge on any atom is -0.497 e. The summed E-state index contributed by atoms with van der Waals surface area (Å²) in [5, 5.41) is 11.6. The van der Waals surface area contributed by atoms with Gasteiger partial charge in [0.05, 0.1) is 24.8 Å². The zero-order valence-electron chi connectivity index (χ0n) is 11.0. The quantitative estimate of drug-likeness (QED) is 0.786. The normalized spacial score (nSPS) is 11.5. The Bertz CT molecular complexity index is 672. The molecule has 1 heterocycles. The fourth-order valence-corrected chi connectivity index (χ4v) is 2.83. The van der Waals surface area contributed by atoms with Gasteiger partial charge in [-0.15, -0.1) is 11.3 Å². The van der Waals surface area contributed by atoms with Crippen LogP contribution in [-0.4, -0.2) is 14.2 Å². The van der Waals surface area contributed by atoms with Crippen LogP contribution in [0.5, 0.6) is 11.5 Å². The van der Waals surface area contributed by atoms with Gasteiger partial charge in [-0.3, -0.25) is 0 Å². The van der Waals surface area contributed by atoms with E-state index in [-0.39, 0.29) is 0 Å². The van der Waals surface area contributed by atoms with Gasteiger partial charge >= 0.3 is 0 Å². The average molecular weight is 306 g/mol. The van der Waals surface area contributed by atoms with Gasteiger partial charge in [0, 0.05) is 16.5 Å². The van der Waals surface area contributed by atoms with E-state index < -0.39 is 0 Å². The van der Waals surface area contributed by atoms with Gasteiger partial charge in [0.1, 0.15) is 17.6 Å². The van der Waals surface area contributed by atoms with Gasteiger partial charge in [-0.2, -0.15) is 5.26 Å². The molecule has 0 saturated carbocycles. The third-order valence-electron chi connectivity index (χ3n) is 2.74. The standard InChI is InChI=1S/C15H12ClNO2S/c1-18-10-5-6-11(13(8-10)19-2)15(16)12(9-17)14-4-3-7-20-14/h3-8H,1-2H3. The second kappa shape index (κ2) is 6.47. The molecule has 0 unspecified atom stereocenters. The summed E-state index contributed by atoms with van der Waals surface area (Å²) in [6.07, 6.45) is 0. The molecule has 0 aliphatic rings. The van der Waals surface area contributed by atoms with E-state index in [0.717, 1.165) is 4.88 Å². The van der Waals surface area contributed by atoms with Crippen LogP contribution in [0.2, 0.25) is 0 Å². The predicted octanol–water partition coefficient (Wildman–Crippen LogP) is 4.40. The summed E-state index contributed by atoms with van der Waals surface area (Å²) in [5.74, 6) is 1.24. The monoisotopic (exact) mass is 305 g/mol. The lowest BCUT2D eigenvalue weighted by atomic mass is 10.1. The van der Waals surface area contributed by atoms with Gasteiger partial charge in [0.25, 0.3) is 0 Å². The number of hydrogen-bond acceptors (Lipinski definition) is 4. The molecule has 0 aliphatic carbocycles. The number of rotatable bonds is 4. The van der Waals surface area contributed by atoms with Gasteiger partial charge in [-0.1, -0.05) is 17.7 Å². The molecule has 0 atom stereocenters. The number of methoxy groups -OCH3 is 2. The maximum atomic E-state index is 9.34. The molecule has 1 aromatic carbocycles. The molecule has 102 valence electrons. The number of allylic oxidation sites excluding steroid dienone is 1. The van der Waals surface area contributed by atoms with Crippen molar-refractivity contribution in [2.24, 2.45) is 0 Å². The van der Waals surface area contributed by atoms with Crippen LogP contribution in [0.15, 0.2) is 35.7 Å². The van der Waals surface area contributed by atoms with Crippen LogP contribution in [-0.2, 0) is 0 Å². The molecule has 0 amide bonds. The highest BCUT2D eigenvalue weighted by molar-refractivity contribution is 7.11. The summed E-state index contributed by atoms with van der Waals surface area (Å²) in [6, 6.07) is 11.2. The number of thiophene rings is 1. The second-order valence-electron chi connectivity index (χ2n) is 3.84. The summed E-state index contributed by atoms with van der Waals surface area (Å²) in [4.78, 5) is 0.829. The maximum absolute atomic E-state index is 9.34. The lowest BCUT2D eigenvalue weighted by Gasteiger charge is -2.10. The largest absolute Gasteiger partial charge is 0.497 e. The van der Waals surface area contributed by atoms with Crippen molar-refractivity contribution in [2.45, 2.75) is 0 Å². The van der Waals surface area contributed by atoms with Gasteiger partial charge in [0.15, 0.2) is 0 Å². The fraction of sp³-hybridized carbons (Fsp3) is 0.133. The first-order valence-electron chi connectivity index (χ1n) is 5.77. The van der Waals surface area contributed by atoms with Crippen molar-refractivity contribution in [1.82, 2.24) is 0 Å². The molecule has 0 aliphatic heterocycles. The molecule has 3 nitrogen and oxygen atoms in total. The van der Waals surface area contributed by atoms with Crippen molar-refractivity contribution in [3.05, 3.63) is 46.2 Å². The lowest BCUT2D eigenvalue weighted by molar-refractivity contribution is 0.393. The Kier molecular flexibility index (Phi) is 4.67. The second-order valence-corrected chi connectivity index (χ2v) is 5.17. The Morgan fingerprint density at radius 2 is 2.05 bits per heavy atom. The molecule has 2 rings (SSSR count). The molecule has 0 N–H and O–H groups in total. The molecule has 20 heavy (non-hydrogen) atoms. The molecule has 0 spiro atoms. The number of hydrogen-bond donors (Lipinski definition) is 0. The van der Waals surface area contributed by atoms with Crippen molar-refractivity contribution in [3.63, 3.8) is 0 Å². The van der Waals surface area contributed by atoms with Crippen molar-refractivity contribution in [2.75, 3.05) is 14.2 Å². The van der Waals surface area contributed by atoms with Crippen LogP contribution in [0.25, 0.3) is 10.6 Å². The van der Waals surface area contributed by atoms with Crippen molar-refractivity contribution in [3.8, 4) is 17.6 Å². The molecule has 5 heteroatoms. The number of nitrogens with zero attached hydrogens (tertiary/aromatic N) is 1. The van der Waals surface area contributed by atoms with Gasteiger partial charge < -0.3 is 9.47 Å². The van der Waals surface area contributed by atoms with E-state index in [4.69, 9.17) is 21.1 Å². The summed E-state index contributed by atoms with van der Waals surface area (Å²) in [7, 11) is 3.14. The van der Waals surface area contributed by atoms with Crippen LogP contribution in [0, 0.1) is 11.3 Å². The summed E-state index contributed by atoms with van der Waals surface area (Å²) < 4.78 is 10.5. The Morgan fingerprint density at radius 1 is 1.25 bits per heavy atom. The Labute approximate surface area is 126 Å². The van der Waals surface area contributed by atoms with E-state index in [1.54, 1.807) is 32.4 Å². The molecule has 1 aromatic heterocycles. The van der Waals surface area contributed by atoms with Crippen LogP contribution in [0.1, 0.15) is 10.4 Å². The Balaban J connectivity index is 2.57. The van der Waals surface area contributed by atoms with Gasteiger partial charge in [0.2, 0.25) is 0 Å². The molecule has 0 bridgehead atoms. The molecule has 0 radical (unpaired) electrons. The first-order chi connectivity index (χ1) is 9.71. The molecule has 0 saturated heterocycles. The highest BCUT2D eigenvalue weighted by Gasteiger charge is 2.15. The van der Waals surface area contributed by atoms with Crippen LogP contribution in [0.4, 0.5) is 0 Å². The lowest BCUT2D eigenvalue weighted by Crippen LogP contribution is -1.92. The van der Waals surface area contributed by atoms with E-state index >= 15 is 0 Å². The first-order valence-corrected chi connectivity index (χ1v) is 7.03. The van der Waals surface area contributed by atoms with E-state index in [0.29, 0.717) is 27.7 Å². The Hall–Kier alpha value is -1.96. The van der Waals surface area contributed by atoms with Crippen molar-refractivity contribution in [1.29, 1.82) is 5.26 Å². The van der Waals surface area contributed by atoms with Crippen LogP contribution in [0.3, 0.4) is 0 Å². The molecular weight excluding hydrogens is 294 g/mol. The molecular formula is C15H12ClNO2S. The van der Waals surface area contributed by atoms with Crippen molar-refractivity contribution < 1.29 is 9.47 Å². The van der Waals surface area contributed by atoms with Crippen LogP contribution >= 0.6 is 22.9 Å². The minimum atomic E-state index is 0.370. The van der Waals surface area contributed by atoms with Crippen molar-refractivity contribution >= 4 is 33.5 Å². The third kappa shape index (κ3) is 2.79. The molecule has 0 fully saturated rings.